The molecule has 21 heavy (non-hydrogen) atoms. The molecule has 0 saturated carbocycles. The SMILES string of the molecule is Cl.Oc1cc(Cl)cc(Cl)c1[C@@H](CC(F)F)N1CCNCC1. The van der Waals surface area contributed by atoms with Crippen LogP contribution < -0.4 is 5.32 Å². The molecule has 0 unspecified atom stereocenters. The summed E-state index contributed by atoms with van der Waals surface area (Å²) in [4.78, 5) is 1.91. The molecule has 1 aliphatic heterocycles. The minimum Gasteiger partial charge on any atom is -0.508 e. The van der Waals surface area contributed by atoms with Crippen molar-refractivity contribution in [1.29, 1.82) is 0 Å². The van der Waals surface area contributed by atoms with Crippen LogP contribution in [0.3, 0.4) is 0 Å². The summed E-state index contributed by atoms with van der Waals surface area (Å²) in [7, 11) is 0. The molecule has 1 aromatic rings. The van der Waals surface area contributed by atoms with E-state index in [0.717, 1.165) is 13.1 Å². The van der Waals surface area contributed by atoms with Crippen molar-refractivity contribution in [2.75, 3.05) is 26.2 Å². The molecule has 120 valence electrons. The molecule has 2 rings (SSSR count). The Labute approximate surface area is 138 Å². The molecule has 2 N–H and O–H groups in total. The summed E-state index contributed by atoms with van der Waals surface area (Å²) < 4.78 is 25.8. The quantitative estimate of drug-likeness (QED) is 0.858. The van der Waals surface area contributed by atoms with E-state index in [2.05, 4.69) is 5.32 Å². The number of nitrogens with one attached hydrogen (secondary N) is 1. The largest absolute Gasteiger partial charge is 0.508 e. The summed E-state index contributed by atoms with van der Waals surface area (Å²) in [6.07, 6.45) is -2.84. The van der Waals surface area contributed by atoms with E-state index in [1.165, 1.54) is 12.1 Å². The molecule has 8 heteroatoms. The van der Waals surface area contributed by atoms with E-state index < -0.39 is 12.5 Å². The minimum atomic E-state index is -2.47. The predicted octanol–water partition coefficient (Wildman–Crippen LogP) is 3.72. The fraction of sp³-hybridized carbons (Fsp3) is 0.538. The van der Waals surface area contributed by atoms with Crippen LogP contribution in [0.1, 0.15) is 18.0 Å². The molecule has 0 aromatic heterocycles. The van der Waals surface area contributed by atoms with Crippen LogP contribution in [-0.2, 0) is 0 Å². The number of phenols is 1. The summed E-state index contributed by atoms with van der Waals surface area (Å²) in [5, 5.41) is 13.7. The summed E-state index contributed by atoms with van der Waals surface area (Å²) in [5.41, 5.74) is 0.332. The Balaban J connectivity index is 0.00000220. The van der Waals surface area contributed by atoms with E-state index in [-0.39, 0.29) is 34.6 Å². The molecule has 0 aliphatic carbocycles. The third-order valence-electron chi connectivity index (χ3n) is 3.40. The van der Waals surface area contributed by atoms with Gasteiger partial charge in [-0.15, -0.1) is 12.4 Å². The van der Waals surface area contributed by atoms with Crippen molar-refractivity contribution in [3.05, 3.63) is 27.7 Å². The molecule has 1 fully saturated rings. The standard InChI is InChI=1S/C13H16Cl2F2N2O.ClH/c14-8-5-9(15)13(11(20)6-8)10(7-12(16)17)19-3-1-18-2-4-19;/h5-6,10,12,18,20H,1-4,7H2;1H/t10-;/m1./s1. The van der Waals surface area contributed by atoms with E-state index in [4.69, 9.17) is 23.2 Å². The van der Waals surface area contributed by atoms with Crippen molar-refractivity contribution >= 4 is 35.6 Å². The first-order valence-corrected chi connectivity index (χ1v) is 7.15. The van der Waals surface area contributed by atoms with Crippen molar-refractivity contribution < 1.29 is 13.9 Å². The molecule has 1 atom stereocenters. The normalized spacial score (nSPS) is 17.6. The lowest BCUT2D eigenvalue weighted by Gasteiger charge is -2.35. The zero-order valence-electron chi connectivity index (χ0n) is 11.2. The van der Waals surface area contributed by atoms with Gasteiger partial charge in [0.05, 0.1) is 5.02 Å². The van der Waals surface area contributed by atoms with Crippen LogP contribution in [0.25, 0.3) is 0 Å². The fourth-order valence-electron chi connectivity index (χ4n) is 2.51. The maximum Gasteiger partial charge on any atom is 0.240 e. The van der Waals surface area contributed by atoms with Crippen molar-refractivity contribution in [3.8, 4) is 5.75 Å². The molecule has 1 aliphatic rings. The van der Waals surface area contributed by atoms with Gasteiger partial charge in [-0.3, -0.25) is 4.90 Å². The Kier molecular flexibility index (Phi) is 7.44. The maximum absolute atomic E-state index is 12.9. The van der Waals surface area contributed by atoms with Gasteiger partial charge < -0.3 is 10.4 Å². The lowest BCUT2D eigenvalue weighted by molar-refractivity contribution is 0.0730. The van der Waals surface area contributed by atoms with E-state index in [1.807, 2.05) is 4.90 Å². The summed E-state index contributed by atoms with van der Waals surface area (Å²) in [6, 6.07) is 2.20. The van der Waals surface area contributed by atoms with Gasteiger partial charge in [0.2, 0.25) is 6.43 Å². The molecule has 0 spiro atoms. The third kappa shape index (κ3) is 4.83. The van der Waals surface area contributed by atoms with E-state index in [9.17, 15) is 13.9 Å². The molecule has 1 aromatic carbocycles. The molecule has 1 saturated heterocycles. The van der Waals surface area contributed by atoms with Gasteiger partial charge in [-0.2, -0.15) is 0 Å². The Morgan fingerprint density at radius 1 is 1.24 bits per heavy atom. The van der Waals surface area contributed by atoms with Crippen LogP contribution in [0.15, 0.2) is 12.1 Å². The number of rotatable bonds is 4. The topological polar surface area (TPSA) is 35.5 Å². The predicted molar refractivity (Wildman–Crippen MR) is 83.2 cm³/mol. The number of nitrogens with zero attached hydrogens (tertiary/aromatic N) is 1. The molecule has 0 bridgehead atoms. The van der Waals surface area contributed by atoms with Gasteiger partial charge in [-0.1, -0.05) is 23.2 Å². The summed E-state index contributed by atoms with van der Waals surface area (Å²) >= 11 is 11.9. The number of benzene rings is 1. The van der Waals surface area contributed by atoms with Crippen molar-refractivity contribution in [1.82, 2.24) is 10.2 Å². The number of hydrogen-bond donors (Lipinski definition) is 2. The van der Waals surface area contributed by atoms with Crippen LogP contribution >= 0.6 is 35.6 Å². The highest BCUT2D eigenvalue weighted by Gasteiger charge is 2.29. The van der Waals surface area contributed by atoms with Gasteiger partial charge >= 0.3 is 0 Å². The highest BCUT2D eigenvalue weighted by atomic mass is 35.5. The molecular formula is C13H17Cl3F2N2O. The molecular weight excluding hydrogens is 345 g/mol. The van der Waals surface area contributed by atoms with Crippen molar-refractivity contribution in [2.45, 2.75) is 18.9 Å². The average Bonchev–Trinajstić information content (AvgIpc) is 2.37. The third-order valence-corrected chi connectivity index (χ3v) is 3.93. The van der Waals surface area contributed by atoms with Crippen LogP contribution in [0.5, 0.6) is 5.75 Å². The molecule has 0 radical (unpaired) electrons. The van der Waals surface area contributed by atoms with E-state index in [0.29, 0.717) is 18.7 Å². The first kappa shape index (κ1) is 18.7. The zero-order chi connectivity index (χ0) is 14.7. The van der Waals surface area contributed by atoms with Crippen molar-refractivity contribution in [2.24, 2.45) is 0 Å². The second-order valence-electron chi connectivity index (χ2n) is 4.75. The maximum atomic E-state index is 12.9. The number of halogens is 5. The summed E-state index contributed by atoms with van der Waals surface area (Å²) in [5.74, 6) is -0.133. The highest BCUT2D eigenvalue weighted by Crippen LogP contribution is 2.40. The van der Waals surface area contributed by atoms with Crippen molar-refractivity contribution in [3.63, 3.8) is 0 Å². The van der Waals surface area contributed by atoms with Gasteiger partial charge in [-0.25, -0.2) is 8.78 Å². The van der Waals surface area contributed by atoms with Crippen LogP contribution in [0, 0.1) is 0 Å². The second kappa shape index (κ2) is 8.34. The number of phenolic OH excluding ortho intramolecular Hbond substituents is 1. The Bertz CT molecular complexity index is 448. The Morgan fingerprint density at radius 3 is 2.38 bits per heavy atom. The lowest BCUT2D eigenvalue weighted by atomic mass is 10.00. The van der Waals surface area contributed by atoms with E-state index in [1.54, 1.807) is 0 Å². The second-order valence-corrected chi connectivity index (χ2v) is 5.59. The lowest BCUT2D eigenvalue weighted by Crippen LogP contribution is -2.45. The fourth-order valence-corrected chi connectivity index (χ4v) is 3.12. The first-order chi connectivity index (χ1) is 9.49. The van der Waals surface area contributed by atoms with Crippen LogP contribution in [0.2, 0.25) is 10.0 Å². The number of piperazine rings is 1. The summed E-state index contributed by atoms with van der Waals surface area (Å²) in [6.45, 7) is 2.73. The van der Waals surface area contributed by atoms with Crippen LogP contribution in [0.4, 0.5) is 8.78 Å². The zero-order valence-corrected chi connectivity index (χ0v) is 13.5. The van der Waals surface area contributed by atoms with Gasteiger partial charge in [0, 0.05) is 49.2 Å². The molecule has 0 amide bonds. The monoisotopic (exact) mass is 360 g/mol. The highest BCUT2D eigenvalue weighted by molar-refractivity contribution is 6.35. The number of alkyl halides is 2. The molecule has 1 heterocycles. The number of aromatic hydroxyl groups is 1. The first-order valence-electron chi connectivity index (χ1n) is 6.40. The molecule has 3 nitrogen and oxygen atoms in total. The average molecular weight is 362 g/mol. The van der Waals surface area contributed by atoms with E-state index >= 15 is 0 Å². The Morgan fingerprint density at radius 2 is 1.86 bits per heavy atom. The van der Waals surface area contributed by atoms with Gasteiger partial charge in [0.1, 0.15) is 5.75 Å². The van der Waals surface area contributed by atoms with Gasteiger partial charge in [0.15, 0.2) is 0 Å². The smallest absolute Gasteiger partial charge is 0.240 e. The minimum absolute atomic E-state index is 0. The Hall–Kier alpha value is -0.330. The number of hydrogen-bond acceptors (Lipinski definition) is 3. The van der Waals surface area contributed by atoms with Gasteiger partial charge in [0.25, 0.3) is 0 Å². The van der Waals surface area contributed by atoms with Crippen LogP contribution in [-0.4, -0.2) is 42.6 Å². The van der Waals surface area contributed by atoms with Gasteiger partial charge in [-0.05, 0) is 12.1 Å².